The molecule has 192 valence electrons. The van der Waals surface area contributed by atoms with Crippen molar-refractivity contribution in [2.24, 2.45) is 10.2 Å². The molecule has 2 aromatic rings. The first kappa shape index (κ1) is 28.0. The van der Waals surface area contributed by atoms with Crippen molar-refractivity contribution in [3.05, 3.63) is 49.9 Å². The highest BCUT2D eigenvalue weighted by Gasteiger charge is 2.39. The molecule has 8 nitrogen and oxygen atoms in total. The number of halogens is 2. The topological polar surface area (TPSA) is 91.6 Å². The molecule has 2 aromatic carbocycles. The fraction of sp³-hybridized carbons (Fsp3) is 0.423. The highest BCUT2D eigenvalue weighted by Crippen LogP contribution is 2.42. The number of aryl methyl sites for hydroxylation is 1. The number of benzene rings is 2. The number of carbonyl (C=O) groups excluding carboxylic acids is 3. The minimum atomic E-state index is -0.480. The summed E-state index contributed by atoms with van der Waals surface area (Å²) in [5.74, 6) is -1.37. The number of hydrogen-bond donors (Lipinski definition) is 0. The van der Waals surface area contributed by atoms with Crippen LogP contribution in [-0.2, 0) is 9.53 Å². The number of anilines is 1. The smallest absolute Gasteiger partial charge is 0.307 e. The molecule has 0 aromatic heterocycles. The van der Waals surface area contributed by atoms with E-state index in [9.17, 15) is 14.4 Å². The Bertz CT molecular complexity index is 1190. The highest BCUT2D eigenvalue weighted by molar-refractivity contribution is 9.11. The van der Waals surface area contributed by atoms with E-state index in [1.54, 1.807) is 6.07 Å². The molecule has 0 spiro atoms. The van der Waals surface area contributed by atoms with Gasteiger partial charge in [0, 0.05) is 29.8 Å². The zero-order valence-electron chi connectivity index (χ0n) is 20.9. The van der Waals surface area contributed by atoms with E-state index in [-0.39, 0.29) is 24.1 Å². The number of azo groups is 1. The van der Waals surface area contributed by atoms with Gasteiger partial charge in [0.25, 0.3) is 11.8 Å². The molecular weight excluding hydrogens is 592 g/mol. The van der Waals surface area contributed by atoms with Gasteiger partial charge >= 0.3 is 5.97 Å². The third kappa shape index (κ3) is 6.03. The lowest BCUT2D eigenvalue weighted by Crippen LogP contribution is -2.32. The van der Waals surface area contributed by atoms with Gasteiger partial charge in [0.15, 0.2) is 0 Å². The number of rotatable bonds is 11. The van der Waals surface area contributed by atoms with Crippen LogP contribution in [0.5, 0.6) is 0 Å². The first-order chi connectivity index (χ1) is 17.2. The number of fused-ring (bicyclic) bond motifs is 1. The van der Waals surface area contributed by atoms with Gasteiger partial charge in [-0.25, -0.2) is 0 Å². The second kappa shape index (κ2) is 12.6. The third-order valence-corrected chi connectivity index (χ3v) is 7.37. The van der Waals surface area contributed by atoms with Gasteiger partial charge < -0.3 is 9.64 Å². The molecule has 1 aliphatic heterocycles. The molecule has 0 aliphatic carbocycles. The van der Waals surface area contributed by atoms with E-state index < -0.39 is 17.8 Å². The number of amides is 2. The Kier molecular flexibility index (Phi) is 9.78. The van der Waals surface area contributed by atoms with Gasteiger partial charge in [-0.15, -0.1) is 5.11 Å². The van der Waals surface area contributed by atoms with Crippen molar-refractivity contribution in [3.63, 3.8) is 0 Å². The average molecular weight is 622 g/mol. The van der Waals surface area contributed by atoms with Crippen molar-refractivity contribution in [2.45, 2.75) is 47.0 Å². The van der Waals surface area contributed by atoms with Crippen molar-refractivity contribution >= 4 is 66.7 Å². The van der Waals surface area contributed by atoms with Crippen molar-refractivity contribution in [2.75, 3.05) is 31.1 Å². The monoisotopic (exact) mass is 620 g/mol. The van der Waals surface area contributed by atoms with Crippen LogP contribution in [0.1, 0.15) is 66.3 Å². The molecule has 0 radical (unpaired) electrons. The Morgan fingerprint density at radius 2 is 1.78 bits per heavy atom. The SMILES string of the molecule is CCCCOC(=O)CCN1C(=O)c2cc(Br)c(N=Nc3ccc(N(CC)CC)cc3C)c(Br)c2C1=O. The van der Waals surface area contributed by atoms with Gasteiger partial charge in [-0.1, -0.05) is 13.3 Å². The van der Waals surface area contributed by atoms with Crippen LogP contribution in [0.3, 0.4) is 0 Å². The number of nitrogens with zero attached hydrogens (tertiary/aromatic N) is 4. The summed E-state index contributed by atoms with van der Waals surface area (Å²) in [6.45, 7) is 10.3. The van der Waals surface area contributed by atoms with Gasteiger partial charge in [-0.2, -0.15) is 5.11 Å². The van der Waals surface area contributed by atoms with E-state index in [2.05, 4.69) is 66.9 Å². The summed E-state index contributed by atoms with van der Waals surface area (Å²) in [6, 6.07) is 7.57. The average Bonchev–Trinajstić information content (AvgIpc) is 3.08. The Balaban J connectivity index is 1.81. The summed E-state index contributed by atoms with van der Waals surface area (Å²) in [5.41, 5.74) is 3.66. The number of carbonyl (C=O) groups is 3. The molecule has 0 fully saturated rings. The number of hydrogen-bond acceptors (Lipinski definition) is 7. The van der Waals surface area contributed by atoms with Crippen molar-refractivity contribution in [3.8, 4) is 0 Å². The van der Waals surface area contributed by atoms with E-state index in [0.29, 0.717) is 26.9 Å². The van der Waals surface area contributed by atoms with Gasteiger partial charge in [-0.3, -0.25) is 19.3 Å². The summed E-state index contributed by atoms with van der Waals surface area (Å²) in [4.78, 5) is 41.3. The Morgan fingerprint density at radius 1 is 1.06 bits per heavy atom. The zero-order valence-corrected chi connectivity index (χ0v) is 24.1. The maximum absolute atomic E-state index is 13.1. The summed E-state index contributed by atoms with van der Waals surface area (Å²) >= 11 is 6.92. The molecule has 3 rings (SSSR count). The van der Waals surface area contributed by atoms with E-state index in [4.69, 9.17) is 4.74 Å². The van der Waals surface area contributed by atoms with Gasteiger partial charge in [-0.05, 0) is 88.9 Å². The second-order valence-electron chi connectivity index (χ2n) is 8.37. The van der Waals surface area contributed by atoms with Crippen LogP contribution in [-0.4, -0.2) is 48.9 Å². The lowest BCUT2D eigenvalue weighted by molar-refractivity contribution is -0.143. The molecule has 0 saturated heterocycles. The second-order valence-corrected chi connectivity index (χ2v) is 10.0. The number of unbranched alkanes of at least 4 members (excludes halogenated alkanes) is 1. The molecule has 0 atom stereocenters. The summed E-state index contributed by atoms with van der Waals surface area (Å²) in [6.07, 6.45) is 1.63. The van der Waals surface area contributed by atoms with Crippen LogP contribution in [0.25, 0.3) is 0 Å². The van der Waals surface area contributed by atoms with Crippen LogP contribution in [0.4, 0.5) is 17.1 Å². The number of esters is 1. The minimum Gasteiger partial charge on any atom is -0.466 e. The largest absolute Gasteiger partial charge is 0.466 e. The maximum Gasteiger partial charge on any atom is 0.307 e. The number of imide groups is 1. The molecule has 1 heterocycles. The molecule has 36 heavy (non-hydrogen) atoms. The fourth-order valence-corrected chi connectivity index (χ4v) is 5.35. The Labute approximate surface area is 228 Å². The quantitative estimate of drug-likeness (QED) is 0.115. The molecule has 0 N–H and O–H groups in total. The molecule has 0 unspecified atom stereocenters. The van der Waals surface area contributed by atoms with Crippen LogP contribution >= 0.6 is 31.9 Å². The van der Waals surface area contributed by atoms with E-state index in [1.165, 1.54) is 0 Å². The van der Waals surface area contributed by atoms with Crippen molar-refractivity contribution < 1.29 is 19.1 Å². The molecule has 2 amide bonds. The maximum atomic E-state index is 13.1. The van der Waals surface area contributed by atoms with E-state index >= 15 is 0 Å². The number of ether oxygens (including phenoxy) is 1. The van der Waals surface area contributed by atoms with Crippen molar-refractivity contribution in [1.82, 2.24) is 4.90 Å². The first-order valence-corrected chi connectivity index (χ1v) is 13.6. The molecule has 10 heteroatoms. The summed E-state index contributed by atoms with van der Waals surface area (Å²) in [5, 5.41) is 8.80. The summed E-state index contributed by atoms with van der Waals surface area (Å²) < 4.78 is 6.03. The van der Waals surface area contributed by atoms with Gasteiger partial charge in [0.05, 0.1) is 34.3 Å². The standard InChI is InChI=1S/C26H30Br2N4O4/c1-5-8-13-36-21(33)11-12-32-25(34)18-15-19(27)24(23(28)22(18)26(32)35)30-29-20-10-9-17(14-16(20)4)31(6-2)7-3/h9-10,14-15H,5-8,11-13H2,1-4H3. The summed E-state index contributed by atoms with van der Waals surface area (Å²) in [7, 11) is 0. The predicted octanol–water partition coefficient (Wildman–Crippen LogP) is 7.11. The molecule has 0 bridgehead atoms. The van der Waals surface area contributed by atoms with Crippen LogP contribution in [0.2, 0.25) is 0 Å². The van der Waals surface area contributed by atoms with Gasteiger partial charge in [0.1, 0.15) is 5.69 Å². The lowest BCUT2D eigenvalue weighted by Gasteiger charge is -2.21. The third-order valence-electron chi connectivity index (χ3n) is 6.00. The van der Waals surface area contributed by atoms with Crippen LogP contribution in [0.15, 0.2) is 43.4 Å². The minimum absolute atomic E-state index is 0.0453. The fourth-order valence-electron chi connectivity index (χ4n) is 3.90. The first-order valence-electron chi connectivity index (χ1n) is 12.0. The highest BCUT2D eigenvalue weighted by atomic mass is 79.9. The predicted molar refractivity (Wildman–Crippen MR) is 147 cm³/mol. The Morgan fingerprint density at radius 3 is 2.42 bits per heavy atom. The van der Waals surface area contributed by atoms with E-state index in [0.717, 1.165) is 42.1 Å². The van der Waals surface area contributed by atoms with Crippen LogP contribution in [0, 0.1) is 6.92 Å². The van der Waals surface area contributed by atoms with E-state index in [1.807, 2.05) is 26.0 Å². The molecule has 0 saturated carbocycles. The Hall–Kier alpha value is -2.59. The van der Waals surface area contributed by atoms with Crippen LogP contribution < -0.4 is 4.90 Å². The molecule has 1 aliphatic rings. The van der Waals surface area contributed by atoms with Crippen molar-refractivity contribution in [1.29, 1.82) is 0 Å². The zero-order chi connectivity index (χ0) is 26.4. The lowest BCUT2D eigenvalue weighted by atomic mass is 10.1. The van der Waals surface area contributed by atoms with Gasteiger partial charge in [0.2, 0.25) is 0 Å². The normalized spacial score (nSPS) is 13.0. The molecular formula is C26H30Br2N4O4.